The zero-order valence-corrected chi connectivity index (χ0v) is 29.1. The second kappa shape index (κ2) is 26.9. The van der Waals surface area contributed by atoms with E-state index in [1.165, 1.54) is 89.9 Å². The Balaban J connectivity index is 4.51. The minimum atomic E-state index is -4.29. The molecule has 0 spiro atoms. The molecule has 0 aromatic carbocycles. The molecular weight excluding hydrogens is 551 g/mol. The third kappa shape index (κ3) is 28.3. The number of aliphatic hydroxyl groups excluding tert-OH is 1. The van der Waals surface area contributed by atoms with Crippen LogP contribution in [-0.2, 0) is 18.4 Å². The molecule has 0 rings (SSSR count). The monoisotopic (exact) mass is 621 g/mol. The van der Waals surface area contributed by atoms with E-state index in [-0.39, 0.29) is 19.1 Å². The van der Waals surface area contributed by atoms with Gasteiger partial charge in [-0.3, -0.25) is 13.8 Å². The van der Waals surface area contributed by atoms with Crippen molar-refractivity contribution in [1.82, 2.24) is 5.32 Å². The number of phosphoric ester groups is 1. The number of amides is 1. The van der Waals surface area contributed by atoms with Crippen molar-refractivity contribution >= 4 is 13.7 Å². The average Bonchev–Trinajstić information content (AvgIpc) is 2.92. The summed E-state index contributed by atoms with van der Waals surface area (Å²) in [7, 11) is 1.62. The van der Waals surface area contributed by atoms with Crippen molar-refractivity contribution in [2.75, 3.05) is 40.9 Å². The Hall–Kier alpha value is -0.500. The van der Waals surface area contributed by atoms with Crippen LogP contribution < -0.4 is 5.32 Å². The molecule has 42 heavy (non-hydrogen) atoms. The van der Waals surface area contributed by atoms with Crippen LogP contribution in [0.1, 0.15) is 155 Å². The number of hydrogen-bond donors (Lipinski definition) is 3. The Morgan fingerprint density at radius 2 is 1.14 bits per heavy atom. The number of phosphoric acid groups is 1. The minimum Gasteiger partial charge on any atom is -0.391 e. The van der Waals surface area contributed by atoms with E-state index in [1.807, 2.05) is 21.1 Å². The molecule has 9 heteroatoms. The summed E-state index contributed by atoms with van der Waals surface area (Å²) in [4.78, 5) is 22.9. The molecule has 3 N–H and O–H groups in total. The number of likely N-dealkylation sites (N-methyl/N-ethyl adjacent to an activating group) is 1. The molecule has 0 aromatic rings. The Morgan fingerprint density at radius 1 is 0.714 bits per heavy atom. The van der Waals surface area contributed by atoms with Crippen LogP contribution in [0.2, 0.25) is 0 Å². The van der Waals surface area contributed by atoms with Gasteiger partial charge in [-0.1, -0.05) is 136 Å². The molecule has 0 aromatic heterocycles. The number of hydrogen-bond acceptors (Lipinski definition) is 5. The van der Waals surface area contributed by atoms with Gasteiger partial charge in [0.05, 0.1) is 39.9 Å². The van der Waals surface area contributed by atoms with Gasteiger partial charge < -0.3 is 19.8 Å². The smallest absolute Gasteiger partial charge is 0.391 e. The molecule has 0 fully saturated rings. The van der Waals surface area contributed by atoms with Crippen LogP contribution >= 0.6 is 7.82 Å². The van der Waals surface area contributed by atoms with Gasteiger partial charge in [-0.05, 0) is 12.8 Å². The van der Waals surface area contributed by atoms with Crippen molar-refractivity contribution in [3.8, 4) is 0 Å². The van der Waals surface area contributed by atoms with E-state index < -0.39 is 20.0 Å². The van der Waals surface area contributed by atoms with Crippen molar-refractivity contribution in [2.24, 2.45) is 0 Å². The van der Waals surface area contributed by atoms with E-state index in [0.29, 0.717) is 23.9 Å². The lowest BCUT2D eigenvalue weighted by Gasteiger charge is -2.26. The van der Waals surface area contributed by atoms with Crippen LogP contribution in [0.5, 0.6) is 0 Å². The second-order valence-electron chi connectivity index (χ2n) is 13.3. The van der Waals surface area contributed by atoms with E-state index in [2.05, 4.69) is 19.2 Å². The number of nitrogens with one attached hydrogen (secondary N) is 1. The predicted molar refractivity (Wildman–Crippen MR) is 175 cm³/mol. The molecular formula is C33H70N2O6P+. The van der Waals surface area contributed by atoms with E-state index in [0.717, 1.165) is 38.5 Å². The molecule has 252 valence electrons. The molecule has 1 amide bonds. The van der Waals surface area contributed by atoms with Gasteiger partial charge >= 0.3 is 7.82 Å². The quantitative estimate of drug-likeness (QED) is 0.0409. The average molecular weight is 622 g/mol. The summed E-state index contributed by atoms with van der Waals surface area (Å²) in [6.07, 6.45) is 24.1. The maximum atomic E-state index is 12.7. The molecule has 0 heterocycles. The van der Waals surface area contributed by atoms with E-state index >= 15 is 0 Å². The molecule has 0 bridgehead atoms. The van der Waals surface area contributed by atoms with Gasteiger partial charge in [0.1, 0.15) is 13.2 Å². The number of nitrogens with zero attached hydrogens (tertiary/aromatic N) is 1. The summed E-state index contributed by atoms with van der Waals surface area (Å²) >= 11 is 0. The van der Waals surface area contributed by atoms with Crippen LogP contribution in [0.4, 0.5) is 0 Å². The molecule has 0 saturated carbocycles. The standard InChI is InChI=1S/C33H69N2O6P/c1-6-8-10-12-14-16-17-19-21-23-25-27-33(37)34-31(30-41-42(38,39)40-29-28-35(3,4)5)32(36)26-24-22-20-18-15-13-11-9-7-2/h31-32,36H,6-30H2,1-5H3,(H-,34,37,38,39)/p+1/t31-,32+/m0/s1. The first-order chi connectivity index (χ1) is 20.0. The van der Waals surface area contributed by atoms with Crippen molar-refractivity contribution in [3.05, 3.63) is 0 Å². The maximum Gasteiger partial charge on any atom is 0.472 e. The minimum absolute atomic E-state index is 0.0775. The molecule has 0 aliphatic carbocycles. The summed E-state index contributed by atoms with van der Waals surface area (Å²) in [5.74, 6) is -0.149. The van der Waals surface area contributed by atoms with Gasteiger partial charge in [-0.25, -0.2) is 4.57 Å². The lowest BCUT2D eigenvalue weighted by Crippen LogP contribution is -2.46. The van der Waals surface area contributed by atoms with Gasteiger partial charge in [0, 0.05) is 6.42 Å². The summed E-state index contributed by atoms with van der Waals surface area (Å²) in [6, 6.07) is -0.748. The number of unbranched alkanes of at least 4 members (excludes halogenated alkanes) is 18. The topological polar surface area (TPSA) is 105 Å². The Morgan fingerprint density at radius 3 is 1.60 bits per heavy atom. The van der Waals surface area contributed by atoms with Crippen LogP contribution in [0, 0.1) is 0 Å². The number of carbonyl (C=O) groups is 1. The van der Waals surface area contributed by atoms with Crippen molar-refractivity contribution < 1.29 is 32.9 Å². The van der Waals surface area contributed by atoms with Crippen LogP contribution in [0.15, 0.2) is 0 Å². The zero-order chi connectivity index (χ0) is 31.5. The van der Waals surface area contributed by atoms with Gasteiger partial charge in [0.15, 0.2) is 0 Å². The first kappa shape index (κ1) is 41.5. The third-order valence-electron chi connectivity index (χ3n) is 7.86. The molecule has 0 aliphatic rings. The zero-order valence-electron chi connectivity index (χ0n) is 28.3. The second-order valence-corrected chi connectivity index (χ2v) is 14.7. The van der Waals surface area contributed by atoms with Gasteiger partial charge in [-0.15, -0.1) is 0 Å². The van der Waals surface area contributed by atoms with Crippen LogP contribution in [-0.4, -0.2) is 73.4 Å². The van der Waals surface area contributed by atoms with Gasteiger partial charge in [-0.2, -0.15) is 0 Å². The summed E-state index contributed by atoms with van der Waals surface area (Å²) in [6.45, 7) is 4.83. The Bertz CT molecular complexity index is 673. The molecule has 1 unspecified atom stereocenters. The molecule has 8 nitrogen and oxygen atoms in total. The highest BCUT2D eigenvalue weighted by Gasteiger charge is 2.28. The number of carbonyl (C=O) groups excluding carboxylic acids is 1. The third-order valence-corrected chi connectivity index (χ3v) is 8.84. The lowest BCUT2D eigenvalue weighted by molar-refractivity contribution is -0.870. The highest BCUT2D eigenvalue weighted by Crippen LogP contribution is 2.43. The highest BCUT2D eigenvalue weighted by molar-refractivity contribution is 7.47. The number of aliphatic hydroxyl groups is 1. The summed E-state index contributed by atoms with van der Waals surface area (Å²) in [5.41, 5.74) is 0. The van der Waals surface area contributed by atoms with Gasteiger partial charge in [0.2, 0.25) is 5.91 Å². The molecule has 0 saturated heterocycles. The van der Waals surface area contributed by atoms with E-state index in [9.17, 15) is 19.4 Å². The fourth-order valence-electron chi connectivity index (χ4n) is 4.98. The number of quaternary nitrogens is 1. The highest BCUT2D eigenvalue weighted by atomic mass is 31.2. The van der Waals surface area contributed by atoms with Crippen LogP contribution in [0.25, 0.3) is 0 Å². The Labute approximate surface area is 259 Å². The summed E-state index contributed by atoms with van der Waals surface area (Å²) < 4.78 is 23.4. The van der Waals surface area contributed by atoms with Crippen molar-refractivity contribution in [2.45, 2.75) is 167 Å². The normalized spacial score (nSPS) is 14.9. The van der Waals surface area contributed by atoms with Crippen LogP contribution in [0.3, 0.4) is 0 Å². The SMILES string of the molecule is CCCCCCCCCCCCCC(=O)N[C@@H](COP(=O)(O)OCC[N+](C)(C)C)[C@H](O)CCCCCCCCCCC. The number of rotatable bonds is 31. The lowest BCUT2D eigenvalue weighted by atomic mass is 10.0. The first-order valence-electron chi connectivity index (χ1n) is 17.4. The van der Waals surface area contributed by atoms with Crippen molar-refractivity contribution in [3.63, 3.8) is 0 Å². The molecule has 3 atom stereocenters. The van der Waals surface area contributed by atoms with Crippen molar-refractivity contribution in [1.29, 1.82) is 0 Å². The molecule has 0 radical (unpaired) electrons. The first-order valence-corrected chi connectivity index (χ1v) is 18.9. The fraction of sp³-hybridized carbons (Fsp3) is 0.970. The van der Waals surface area contributed by atoms with E-state index in [1.54, 1.807) is 0 Å². The maximum absolute atomic E-state index is 12.7. The fourth-order valence-corrected chi connectivity index (χ4v) is 5.72. The van der Waals surface area contributed by atoms with E-state index in [4.69, 9.17) is 9.05 Å². The predicted octanol–water partition coefficient (Wildman–Crippen LogP) is 8.29. The largest absolute Gasteiger partial charge is 0.472 e. The Kier molecular flexibility index (Phi) is 26.5. The summed E-state index contributed by atoms with van der Waals surface area (Å²) in [5, 5.41) is 13.8. The molecule has 0 aliphatic heterocycles. The van der Waals surface area contributed by atoms with Gasteiger partial charge in [0.25, 0.3) is 0 Å².